The van der Waals surface area contributed by atoms with Gasteiger partial charge in [0.05, 0.1) is 12.5 Å². The van der Waals surface area contributed by atoms with Gasteiger partial charge in [-0.2, -0.15) is 0 Å². The standard InChI is InChI=1S/C24H46O4/c1-9-13-15-19(11-3)21(25)24(7,8)27-18-17-23(5,6)28-22(26)20(12-4)16-14-10-2/h19-20H,9-18H2,1-8H3. The molecule has 0 aliphatic rings. The van der Waals surface area contributed by atoms with Gasteiger partial charge in [0.15, 0.2) is 5.78 Å². The molecule has 0 bridgehead atoms. The Kier molecular flexibility index (Phi) is 12.9. The fraction of sp³-hybridized carbons (Fsp3) is 0.917. The van der Waals surface area contributed by atoms with Crippen LogP contribution in [0.1, 0.15) is 113 Å². The zero-order valence-electron chi connectivity index (χ0n) is 19.9. The summed E-state index contributed by atoms with van der Waals surface area (Å²) in [5.41, 5.74) is -1.40. The van der Waals surface area contributed by atoms with Crippen molar-refractivity contribution in [2.24, 2.45) is 11.8 Å². The van der Waals surface area contributed by atoms with Crippen LogP contribution in [0.25, 0.3) is 0 Å². The van der Waals surface area contributed by atoms with Crippen LogP contribution in [0.3, 0.4) is 0 Å². The van der Waals surface area contributed by atoms with Crippen molar-refractivity contribution in [2.45, 2.75) is 124 Å². The Bertz CT molecular complexity index is 454. The van der Waals surface area contributed by atoms with E-state index in [9.17, 15) is 9.59 Å². The lowest BCUT2D eigenvalue weighted by Gasteiger charge is -2.31. The normalized spacial score (nSPS) is 14.6. The number of ketones is 1. The number of hydrogen-bond donors (Lipinski definition) is 0. The van der Waals surface area contributed by atoms with Crippen molar-refractivity contribution in [1.29, 1.82) is 0 Å². The van der Waals surface area contributed by atoms with Crippen LogP contribution in [0.2, 0.25) is 0 Å². The molecular formula is C24H46O4. The molecule has 28 heavy (non-hydrogen) atoms. The fourth-order valence-electron chi connectivity index (χ4n) is 3.43. The first-order valence-electron chi connectivity index (χ1n) is 11.5. The summed E-state index contributed by atoms with van der Waals surface area (Å²) in [4.78, 5) is 25.3. The smallest absolute Gasteiger partial charge is 0.309 e. The number of unbranched alkanes of at least 4 members (excludes halogenated alkanes) is 2. The van der Waals surface area contributed by atoms with E-state index in [2.05, 4.69) is 20.8 Å². The van der Waals surface area contributed by atoms with Crippen molar-refractivity contribution in [1.82, 2.24) is 0 Å². The third-order valence-electron chi connectivity index (χ3n) is 5.64. The Labute approximate surface area is 174 Å². The molecule has 0 heterocycles. The minimum Gasteiger partial charge on any atom is -0.459 e. The van der Waals surface area contributed by atoms with Gasteiger partial charge >= 0.3 is 5.97 Å². The zero-order valence-corrected chi connectivity index (χ0v) is 19.9. The van der Waals surface area contributed by atoms with E-state index in [1.54, 1.807) is 0 Å². The molecule has 0 aromatic heterocycles. The molecule has 0 aromatic carbocycles. The first-order valence-corrected chi connectivity index (χ1v) is 11.5. The lowest BCUT2D eigenvalue weighted by atomic mass is 9.86. The van der Waals surface area contributed by atoms with Crippen LogP contribution in [-0.4, -0.2) is 29.6 Å². The van der Waals surface area contributed by atoms with E-state index in [0.717, 1.165) is 51.4 Å². The van der Waals surface area contributed by atoms with Gasteiger partial charge in [-0.25, -0.2) is 0 Å². The largest absolute Gasteiger partial charge is 0.459 e. The molecule has 0 aliphatic carbocycles. The monoisotopic (exact) mass is 398 g/mol. The molecule has 0 amide bonds. The Morgan fingerprint density at radius 1 is 0.821 bits per heavy atom. The average Bonchev–Trinajstić information content (AvgIpc) is 2.61. The number of carbonyl (C=O) groups is 2. The summed E-state index contributed by atoms with van der Waals surface area (Å²) in [5.74, 6) is 0.109. The minimum absolute atomic E-state index is 0.0259. The molecule has 0 rings (SSSR count). The van der Waals surface area contributed by atoms with Crippen molar-refractivity contribution in [3.8, 4) is 0 Å². The van der Waals surface area contributed by atoms with E-state index in [-0.39, 0.29) is 23.6 Å². The van der Waals surface area contributed by atoms with Gasteiger partial charge in [-0.15, -0.1) is 0 Å². The van der Waals surface area contributed by atoms with Gasteiger partial charge in [0, 0.05) is 12.3 Å². The molecule has 2 unspecified atom stereocenters. The fourth-order valence-corrected chi connectivity index (χ4v) is 3.43. The van der Waals surface area contributed by atoms with Gasteiger partial charge in [0.25, 0.3) is 0 Å². The summed E-state index contributed by atoms with van der Waals surface area (Å²) in [6.45, 7) is 16.4. The summed E-state index contributed by atoms with van der Waals surface area (Å²) in [7, 11) is 0. The molecular weight excluding hydrogens is 352 g/mol. The Morgan fingerprint density at radius 3 is 1.79 bits per heavy atom. The van der Waals surface area contributed by atoms with Crippen LogP contribution in [-0.2, 0) is 19.1 Å². The van der Waals surface area contributed by atoms with E-state index in [1.165, 1.54) is 0 Å². The predicted molar refractivity (Wildman–Crippen MR) is 116 cm³/mol. The topological polar surface area (TPSA) is 52.6 Å². The minimum atomic E-state index is -0.804. The van der Waals surface area contributed by atoms with Crippen LogP contribution < -0.4 is 0 Å². The van der Waals surface area contributed by atoms with Crippen molar-refractivity contribution in [2.75, 3.05) is 6.61 Å². The molecule has 4 heteroatoms. The van der Waals surface area contributed by atoms with Crippen LogP contribution in [0.4, 0.5) is 0 Å². The number of rotatable bonds is 16. The van der Waals surface area contributed by atoms with E-state index in [0.29, 0.717) is 13.0 Å². The highest BCUT2D eigenvalue weighted by Gasteiger charge is 2.34. The summed E-state index contributed by atoms with van der Waals surface area (Å²) >= 11 is 0. The average molecular weight is 399 g/mol. The zero-order chi connectivity index (χ0) is 21.8. The molecule has 0 saturated carbocycles. The van der Waals surface area contributed by atoms with Gasteiger partial charge < -0.3 is 9.47 Å². The second-order valence-corrected chi connectivity index (χ2v) is 9.15. The molecule has 0 fully saturated rings. The lowest BCUT2D eigenvalue weighted by molar-refractivity contribution is -0.166. The number of esters is 1. The SMILES string of the molecule is CCCCC(CC)C(=O)OC(C)(C)CCOC(C)(C)C(=O)C(CC)CCCC. The van der Waals surface area contributed by atoms with Gasteiger partial charge in [0.1, 0.15) is 11.2 Å². The van der Waals surface area contributed by atoms with E-state index in [1.807, 2.05) is 34.6 Å². The second-order valence-electron chi connectivity index (χ2n) is 9.15. The molecule has 0 aromatic rings. The quantitative estimate of drug-likeness (QED) is 0.279. The Hall–Kier alpha value is -0.900. The second kappa shape index (κ2) is 13.3. The molecule has 0 radical (unpaired) electrons. The predicted octanol–water partition coefficient (Wildman–Crippen LogP) is 6.50. The third kappa shape index (κ3) is 10.0. The van der Waals surface area contributed by atoms with Crippen LogP contribution in [0.5, 0.6) is 0 Å². The third-order valence-corrected chi connectivity index (χ3v) is 5.64. The molecule has 0 N–H and O–H groups in total. The lowest BCUT2D eigenvalue weighted by Crippen LogP contribution is -2.41. The number of Topliss-reactive ketones (excluding diaryl/α,β-unsaturated/α-hetero) is 1. The highest BCUT2D eigenvalue weighted by atomic mass is 16.6. The van der Waals surface area contributed by atoms with E-state index < -0.39 is 11.2 Å². The Balaban J connectivity index is 4.63. The Morgan fingerprint density at radius 2 is 1.32 bits per heavy atom. The first kappa shape index (κ1) is 27.1. The van der Waals surface area contributed by atoms with Crippen molar-refractivity contribution in [3.05, 3.63) is 0 Å². The van der Waals surface area contributed by atoms with Crippen LogP contribution in [0, 0.1) is 11.8 Å². The maximum absolute atomic E-state index is 12.9. The summed E-state index contributed by atoms with van der Waals surface area (Å²) < 4.78 is 11.8. The highest BCUT2D eigenvalue weighted by molar-refractivity contribution is 5.88. The summed E-state index contributed by atoms with van der Waals surface area (Å²) in [6.07, 6.45) is 8.35. The summed E-state index contributed by atoms with van der Waals surface area (Å²) in [6, 6.07) is 0. The van der Waals surface area contributed by atoms with E-state index >= 15 is 0 Å². The molecule has 2 atom stereocenters. The van der Waals surface area contributed by atoms with Crippen molar-refractivity contribution in [3.63, 3.8) is 0 Å². The van der Waals surface area contributed by atoms with Gasteiger partial charge in [-0.05, 0) is 53.4 Å². The molecule has 4 nitrogen and oxygen atoms in total. The molecule has 0 aliphatic heterocycles. The maximum Gasteiger partial charge on any atom is 0.309 e. The van der Waals surface area contributed by atoms with E-state index in [4.69, 9.17) is 9.47 Å². The van der Waals surface area contributed by atoms with Gasteiger partial charge in [-0.3, -0.25) is 9.59 Å². The number of carbonyl (C=O) groups excluding carboxylic acids is 2. The molecule has 0 saturated heterocycles. The number of ether oxygens (including phenoxy) is 2. The van der Waals surface area contributed by atoms with Gasteiger partial charge in [0.2, 0.25) is 0 Å². The van der Waals surface area contributed by atoms with Crippen LogP contribution >= 0.6 is 0 Å². The molecule has 166 valence electrons. The van der Waals surface area contributed by atoms with Crippen molar-refractivity contribution >= 4 is 11.8 Å². The van der Waals surface area contributed by atoms with Gasteiger partial charge in [-0.1, -0.05) is 53.4 Å². The summed E-state index contributed by atoms with van der Waals surface area (Å²) in [5, 5.41) is 0. The maximum atomic E-state index is 12.9. The highest BCUT2D eigenvalue weighted by Crippen LogP contribution is 2.26. The first-order chi connectivity index (χ1) is 13.0. The van der Waals surface area contributed by atoms with Crippen LogP contribution in [0.15, 0.2) is 0 Å². The number of hydrogen-bond acceptors (Lipinski definition) is 4. The van der Waals surface area contributed by atoms with Crippen molar-refractivity contribution < 1.29 is 19.1 Å². The molecule has 0 spiro atoms.